The average molecular weight is 298 g/mol. The molecular formula is C14H14ClF2N3. The van der Waals surface area contributed by atoms with Crippen LogP contribution in [0, 0.1) is 11.6 Å². The van der Waals surface area contributed by atoms with Crippen LogP contribution in [-0.4, -0.2) is 9.78 Å². The maximum absolute atomic E-state index is 13.8. The van der Waals surface area contributed by atoms with Crippen LogP contribution in [0.2, 0.25) is 5.02 Å². The first-order valence-electron chi connectivity index (χ1n) is 6.48. The van der Waals surface area contributed by atoms with Crippen molar-refractivity contribution in [2.75, 3.05) is 5.32 Å². The van der Waals surface area contributed by atoms with E-state index in [2.05, 4.69) is 10.4 Å². The number of halogens is 3. The van der Waals surface area contributed by atoms with E-state index in [4.69, 9.17) is 11.6 Å². The van der Waals surface area contributed by atoms with Gasteiger partial charge in [0.15, 0.2) is 5.82 Å². The third kappa shape index (κ3) is 2.26. The van der Waals surface area contributed by atoms with E-state index in [1.165, 1.54) is 0 Å². The normalized spacial score (nSPS) is 17.9. The second-order valence-corrected chi connectivity index (χ2v) is 5.41. The number of benzene rings is 1. The Morgan fingerprint density at radius 2 is 2.20 bits per heavy atom. The summed E-state index contributed by atoms with van der Waals surface area (Å²) in [5, 5.41) is 7.38. The molecule has 0 spiro atoms. The van der Waals surface area contributed by atoms with Crippen LogP contribution >= 0.6 is 11.6 Å². The van der Waals surface area contributed by atoms with Gasteiger partial charge in [-0.15, -0.1) is 0 Å². The maximum Gasteiger partial charge on any atom is 0.150 e. The average Bonchev–Trinajstić information content (AvgIpc) is 2.77. The van der Waals surface area contributed by atoms with Crippen LogP contribution in [0.3, 0.4) is 0 Å². The van der Waals surface area contributed by atoms with Gasteiger partial charge in [-0.1, -0.05) is 11.6 Å². The number of aromatic nitrogens is 2. The Bertz CT molecular complexity index is 631. The van der Waals surface area contributed by atoms with Gasteiger partial charge in [0.05, 0.1) is 22.9 Å². The number of nitrogens with one attached hydrogen (secondary N) is 1. The van der Waals surface area contributed by atoms with Gasteiger partial charge in [0, 0.05) is 24.4 Å². The van der Waals surface area contributed by atoms with Crippen LogP contribution in [0.4, 0.5) is 14.5 Å². The van der Waals surface area contributed by atoms with E-state index in [1.807, 2.05) is 11.7 Å². The second-order valence-electron chi connectivity index (χ2n) is 5.00. The van der Waals surface area contributed by atoms with E-state index in [1.54, 1.807) is 6.20 Å². The van der Waals surface area contributed by atoms with Crippen molar-refractivity contribution in [2.24, 2.45) is 7.05 Å². The van der Waals surface area contributed by atoms with Crippen molar-refractivity contribution < 1.29 is 8.78 Å². The van der Waals surface area contributed by atoms with Crippen LogP contribution < -0.4 is 5.32 Å². The zero-order valence-electron chi connectivity index (χ0n) is 11.0. The number of anilines is 1. The number of hydrogen-bond donors (Lipinski definition) is 1. The second kappa shape index (κ2) is 5.05. The van der Waals surface area contributed by atoms with Gasteiger partial charge >= 0.3 is 0 Å². The molecule has 1 unspecified atom stereocenters. The summed E-state index contributed by atoms with van der Waals surface area (Å²) in [7, 11) is 1.90. The molecule has 1 heterocycles. The monoisotopic (exact) mass is 297 g/mol. The Kier molecular flexibility index (Phi) is 3.38. The van der Waals surface area contributed by atoms with Crippen molar-refractivity contribution in [3.63, 3.8) is 0 Å². The van der Waals surface area contributed by atoms with Gasteiger partial charge in [-0.25, -0.2) is 8.78 Å². The van der Waals surface area contributed by atoms with Crippen molar-refractivity contribution >= 4 is 17.3 Å². The zero-order valence-corrected chi connectivity index (χ0v) is 11.7. The summed E-state index contributed by atoms with van der Waals surface area (Å²) >= 11 is 5.92. The molecule has 1 aliphatic rings. The van der Waals surface area contributed by atoms with Gasteiger partial charge in [0.1, 0.15) is 5.82 Å². The molecule has 0 saturated heterocycles. The smallest absolute Gasteiger partial charge is 0.150 e. The minimum atomic E-state index is -0.677. The van der Waals surface area contributed by atoms with Crippen molar-refractivity contribution in [2.45, 2.75) is 25.3 Å². The lowest BCUT2D eigenvalue weighted by atomic mass is 9.93. The molecule has 3 rings (SSSR count). The minimum absolute atomic E-state index is 0.0510. The van der Waals surface area contributed by atoms with E-state index < -0.39 is 11.6 Å². The third-order valence-corrected chi connectivity index (χ3v) is 4.00. The summed E-state index contributed by atoms with van der Waals surface area (Å²) in [4.78, 5) is 0. The molecule has 0 aliphatic heterocycles. The fourth-order valence-electron chi connectivity index (χ4n) is 2.71. The van der Waals surface area contributed by atoms with Gasteiger partial charge in [-0.3, -0.25) is 4.68 Å². The van der Waals surface area contributed by atoms with Gasteiger partial charge < -0.3 is 5.32 Å². The lowest BCUT2D eigenvalue weighted by Gasteiger charge is -2.25. The summed E-state index contributed by atoms with van der Waals surface area (Å²) in [6, 6.07) is 1.89. The van der Waals surface area contributed by atoms with E-state index in [-0.39, 0.29) is 16.8 Å². The van der Waals surface area contributed by atoms with E-state index in [9.17, 15) is 8.78 Å². The molecular weight excluding hydrogens is 284 g/mol. The summed E-state index contributed by atoms with van der Waals surface area (Å²) < 4.78 is 28.7. The number of nitrogens with zero attached hydrogens (tertiary/aromatic N) is 2. The Balaban J connectivity index is 1.93. The Labute approximate surface area is 120 Å². The van der Waals surface area contributed by atoms with Gasteiger partial charge in [0.25, 0.3) is 0 Å². The number of rotatable bonds is 2. The molecule has 1 aliphatic carbocycles. The molecule has 6 heteroatoms. The predicted molar refractivity (Wildman–Crippen MR) is 73.9 cm³/mol. The van der Waals surface area contributed by atoms with Crippen molar-refractivity contribution in [3.8, 4) is 0 Å². The molecule has 1 aromatic heterocycles. The fraction of sp³-hybridized carbons (Fsp3) is 0.357. The molecule has 1 aromatic carbocycles. The molecule has 0 fully saturated rings. The molecule has 1 N–H and O–H groups in total. The first kappa shape index (κ1) is 13.4. The highest BCUT2D eigenvalue weighted by atomic mass is 35.5. The number of hydrogen-bond acceptors (Lipinski definition) is 2. The van der Waals surface area contributed by atoms with Gasteiger partial charge in [0.2, 0.25) is 0 Å². The molecule has 20 heavy (non-hydrogen) atoms. The molecule has 106 valence electrons. The molecule has 0 bridgehead atoms. The summed E-state index contributed by atoms with van der Waals surface area (Å²) in [5.74, 6) is -1.35. The number of fused-ring (bicyclic) bond motifs is 1. The maximum atomic E-state index is 13.8. The number of aryl methyl sites for hydroxylation is 1. The molecule has 0 amide bonds. The molecule has 0 saturated carbocycles. The van der Waals surface area contributed by atoms with Gasteiger partial charge in [-0.2, -0.15) is 5.10 Å². The predicted octanol–water partition coefficient (Wildman–Crippen LogP) is 3.84. The SMILES string of the molecule is Cn1ncc2c1CCCC2Nc1c(F)cc(F)cc1Cl. The standard InChI is InChI=1S/C14H14ClF2N3/c1-20-13-4-2-3-12(9(13)7-18-20)19-14-10(15)5-8(16)6-11(14)17/h5-7,12,19H,2-4H2,1H3. The first-order valence-corrected chi connectivity index (χ1v) is 6.86. The van der Waals surface area contributed by atoms with Crippen LogP contribution in [-0.2, 0) is 13.5 Å². The third-order valence-electron chi connectivity index (χ3n) is 3.70. The summed E-state index contributed by atoms with van der Waals surface area (Å²) in [6.45, 7) is 0. The molecule has 3 nitrogen and oxygen atoms in total. The highest BCUT2D eigenvalue weighted by Crippen LogP contribution is 2.35. The summed E-state index contributed by atoms with van der Waals surface area (Å²) in [5.41, 5.74) is 2.35. The molecule has 1 atom stereocenters. The minimum Gasteiger partial charge on any atom is -0.375 e. The Hall–Kier alpha value is -1.62. The molecule has 0 radical (unpaired) electrons. The topological polar surface area (TPSA) is 29.9 Å². The lowest BCUT2D eigenvalue weighted by molar-refractivity contribution is 0.559. The fourth-order valence-corrected chi connectivity index (χ4v) is 2.96. The lowest BCUT2D eigenvalue weighted by Crippen LogP contribution is -2.18. The van der Waals surface area contributed by atoms with Crippen molar-refractivity contribution in [1.82, 2.24) is 9.78 Å². The van der Waals surface area contributed by atoms with Crippen LogP contribution in [0.25, 0.3) is 0 Å². The van der Waals surface area contributed by atoms with Crippen molar-refractivity contribution in [3.05, 3.63) is 46.2 Å². The summed E-state index contributed by atoms with van der Waals surface area (Å²) in [6.07, 6.45) is 4.61. The largest absolute Gasteiger partial charge is 0.375 e. The van der Waals surface area contributed by atoms with E-state index in [0.717, 1.165) is 42.7 Å². The molecule has 2 aromatic rings. The highest BCUT2D eigenvalue weighted by Gasteiger charge is 2.25. The van der Waals surface area contributed by atoms with Gasteiger partial charge in [-0.05, 0) is 25.3 Å². The Morgan fingerprint density at radius 1 is 1.40 bits per heavy atom. The highest BCUT2D eigenvalue weighted by molar-refractivity contribution is 6.33. The zero-order chi connectivity index (χ0) is 14.3. The van der Waals surface area contributed by atoms with Crippen molar-refractivity contribution in [1.29, 1.82) is 0 Å². The quantitative estimate of drug-likeness (QED) is 0.912. The van der Waals surface area contributed by atoms with E-state index in [0.29, 0.717) is 0 Å². The van der Waals surface area contributed by atoms with Crippen LogP contribution in [0.1, 0.15) is 30.1 Å². The first-order chi connectivity index (χ1) is 9.56. The van der Waals surface area contributed by atoms with Crippen LogP contribution in [0.15, 0.2) is 18.3 Å². The van der Waals surface area contributed by atoms with Crippen LogP contribution in [0.5, 0.6) is 0 Å². The Morgan fingerprint density at radius 3 is 2.95 bits per heavy atom. The van der Waals surface area contributed by atoms with E-state index >= 15 is 0 Å².